The maximum absolute atomic E-state index is 4.66. The molecule has 3 heteroatoms. The molecule has 0 radical (unpaired) electrons. The van der Waals surface area contributed by atoms with Crippen LogP contribution in [0.2, 0.25) is 0 Å². The fraction of sp³-hybridized carbons (Fsp3) is 0.125. The van der Waals surface area contributed by atoms with Crippen molar-refractivity contribution in [1.29, 1.82) is 0 Å². The second-order valence-electron chi connectivity index (χ2n) is 6.44. The summed E-state index contributed by atoms with van der Waals surface area (Å²) in [6.07, 6.45) is 4.23. The minimum Gasteiger partial charge on any atom is -0.367 e. The van der Waals surface area contributed by atoms with Gasteiger partial charge in [0.05, 0.1) is 10.2 Å². The highest BCUT2D eigenvalue weighted by molar-refractivity contribution is 7.19. The Hall–Kier alpha value is -2.91. The van der Waals surface area contributed by atoms with Crippen LogP contribution in [0.5, 0.6) is 0 Å². The predicted octanol–water partition coefficient (Wildman–Crippen LogP) is 6.49. The van der Waals surface area contributed by atoms with E-state index in [4.69, 9.17) is 0 Å². The van der Waals surface area contributed by atoms with Gasteiger partial charge in [-0.3, -0.25) is 0 Å². The number of anilines is 1. The fourth-order valence-corrected chi connectivity index (χ4v) is 3.98. The number of benzene rings is 3. The summed E-state index contributed by atoms with van der Waals surface area (Å²) in [6.45, 7) is 4.11. The number of para-hydroxylation sites is 1. The first-order valence-electron chi connectivity index (χ1n) is 9.24. The highest BCUT2D eigenvalue weighted by Gasteiger charge is 2.05. The molecule has 0 N–H and O–H groups in total. The van der Waals surface area contributed by atoms with Crippen LogP contribution in [0, 0.1) is 0 Å². The minimum absolute atomic E-state index is 0.929. The van der Waals surface area contributed by atoms with Gasteiger partial charge in [-0.05, 0) is 48.4 Å². The van der Waals surface area contributed by atoms with Crippen LogP contribution >= 0.6 is 11.3 Å². The molecule has 0 aliphatic heterocycles. The minimum atomic E-state index is 0.929. The second-order valence-corrected chi connectivity index (χ2v) is 7.51. The molecule has 0 amide bonds. The van der Waals surface area contributed by atoms with E-state index in [0.29, 0.717) is 0 Å². The molecule has 0 bridgehead atoms. The van der Waals surface area contributed by atoms with Gasteiger partial charge in [0.15, 0.2) is 0 Å². The molecule has 0 aliphatic rings. The molecule has 0 unspecified atom stereocenters. The Labute approximate surface area is 164 Å². The van der Waals surface area contributed by atoms with Gasteiger partial charge in [0.1, 0.15) is 5.01 Å². The van der Waals surface area contributed by atoms with Gasteiger partial charge in [-0.1, -0.05) is 60.7 Å². The molecule has 1 aromatic heterocycles. The summed E-state index contributed by atoms with van der Waals surface area (Å²) in [7, 11) is 0. The zero-order chi connectivity index (χ0) is 18.5. The molecule has 2 nitrogen and oxygen atoms in total. The number of hydrogen-bond donors (Lipinski definition) is 0. The molecule has 0 saturated carbocycles. The Balaban J connectivity index is 1.47. The molecular weight excluding hydrogens is 348 g/mol. The third-order valence-electron chi connectivity index (χ3n) is 4.59. The van der Waals surface area contributed by atoms with Crippen LogP contribution in [-0.4, -0.2) is 11.5 Å². The van der Waals surface area contributed by atoms with Gasteiger partial charge in [-0.25, -0.2) is 4.98 Å². The van der Waals surface area contributed by atoms with Crippen molar-refractivity contribution in [2.75, 3.05) is 11.4 Å². The van der Waals surface area contributed by atoms with E-state index in [1.54, 1.807) is 11.3 Å². The van der Waals surface area contributed by atoms with Crippen molar-refractivity contribution in [2.24, 2.45) is 0 Å². The van der Waals surface area contributed by atoms with Gasteiger partial charge in [0, 0.05) is 18.8 Å². The lowest BCUT2D eigenvalue weighted by molar-refractivity contribution is 0.832. The summed E-state index contributed by atoms with van der Waals surface area (Å²) < 4.78 is 1.23. The van der Waals surface area contributed by atoms with Crippen molar-refractivity contribution in [3.63, 3.8) is 0 Å². The van der Waals surface area contributed by atoms with Crippen LogP contribution in [-0.2, 0) is 6.54 Å². The maximum Gasteiger partial charge on any atom is 0.117 e. The zero-order valence-corrected chi connectivity index (χ0v) is 16.2. The molecular formula is C24H22N2S. The smallest absolute Gasteiger partial charge is 0.117 e. The standard InChI is InChI=1S/C24H22N2S/c1-2-26(18-20-8-4-3-5-9-20)21-15-12-19(13-16-21)14-17-24-25-22-10-6-7-11-23(22)27-24/h3-17H,2,18H2,1H3. The Morgan fingerprint density at radius 2 is 1.59 bits per heavy atom. The molecule has 3 aromatic carbocycles. The lowest BCUT2D eigenvalue weighted by Gasteiger charge is -2.23. The van der Waals surface area contributed by atoms with Crippen molar-refractivity contribution < 1.29 is 0 Å². The molecule has 0 fully saturated rings. The highest BCUT2D eigenvalue weighted by atomic mass is 32.1. The first-order valence-corrected chi connectivity index (χ1v) is 10.1. The van der Waals surface area contributed by atoms with Gasteiger partial charge in [0.25, 0.3) is 0 Å². The van der Waals surface area contributed by atoms with E-state index in [-0.39, 0.29) is 0 Å². The maximum atomic E-state index is 4.66. The largest absolute Gasteiger partial charge is 0.367 e. The van der Waals surface area contributed by atoms with Crippen LogP contribution in [0.1, 0.15) is 23.1 Å². The Morgan fingerprint density at radius 3 is 2.33 bits per heavy atom. The van der Waals surface area contributed by atoms with Gasteiger partial charge < -0.3 is 4.90 Å². The molecule has 4 rings (SSSR count). The Morgan fingerprint density at radius 1 is 0.852 bits per heavy atom. The number of fused-ring (bicyclic) bond motifs is 1. The van der Waals surface area contributed by atoms with Crippen LogP contribution in [0.25, 0.3) is 22.4 Å². The molecule has 27 heavy (non-hydrogen) atoms. The Bertz CT molecular complexity index is 1000. The van der Waals surface area contributed by atoms with Crippen LogP contribution in [0.4, 0.5) is 5.69 Å². The van der Waals surface area contributed by atoms with Gasteiger partial charge in [-0.2, -0.15) is 0 Å². The van der Waals surface area contributed by atoms with Crippen LogP contribution in [0.15, 0.2) is 78.9 Å². The van der Waals surface area contributed by atoms with E-state index in [9.17, 15) is 0 Å². The first kappa shape index (κ1) is 17.5. The first-order chi connectivity index (χ1) is 13.3. The van der Waals surface area contributed by atoms with Gasteiger partial charge >= 0.3 is 0 Å². The summed E-state index contributed by atoms with van der Waals surface area (Å²) in [4.78, 5) is 7.04. The van der Waals surface area contributed by atoms with E-state index in [0.717, 1.165) is 23.6 Å². The molecule has 1 heterocycles. The monoisotopic (exact) mass is 370 g/mol. The third-order valence-corrected chi connectivity index (χ3v) is 5.59. The molecule has 0 atom stereocenters. The van der Waals surface area contributed by atoms with E-state index in [1.807, 2.05) is 6.07 Å². The molecule has 4 aromatic rings. The van der Waals surface area contributed by atoms with E-state index in [1.165, 1.54) is 21.5 Å². The SMILES string of the molecule is CCN(Cc1ccccc1)c1ccc(C=Cc2nc3ccccc3s2)cc1. The molecule has 0 saturated heterocycles. The lowest BCUT2D eigenvalue weighted by Crippen LogP contribution is -2.21. The second kappa shape index (κ2) is 8.19. The summed E-state index contributed by atoms with van der Waals surface area (Å²) in [6, 6.07) is 27.6. The van der Waals surface area contributed by atoms with Crippen molar-refractivity contribution in [1.82, 2.24) is 4.98 Å². The van der Waals surface area contributed by atoms with Crippen molar-refractivity contribution in [3.8, 4) is 0 Å². The predicted molar refractivity (Wildman–Crippen MR) is 118 cm³/mol. The number of rotatable bonds is 6. The van der Waals surface area contributed by atoms with Crippen LogP contribution < -0.4 is 4.90 Å². The molecule has 0 aliphatic carbocycles. The summed E-state index contributed by atoms with van der Waals surface area (Å²) in [5.41, 5.74) is 4.84. The third kappa shape index (κ3) is 4.26. The summed E-state index contributed by atoms with van der Waals surface area (Å²) >= 11 is 1.72. The average molecular weight is 371 g/mol. The van der Waals surface area contributed by atoms with Crippen molar-refractivity contribution >= 4 is 39.4 Å². The van der Waals surface area contributed by atoms with Crippen molar-refractivity contribution in [2.45, 2.75) is 13.5 Å². The quantitative estimate of drug-likeness (QED) is 0.385. The topological polar surface area (TPSA) is 16.1 Å². The Kier molecular flexibility index (Phi) is 5.31. The zero-order valence-electron chi connectivity index (χ0n) is 15.4. The molecule has 134 valence electrons. The summed E-state index contributed by atoms with van der Waals surface area (Å²) in [5.74, 6) is 0. The van der Waals surface area contributed by atoms with E-state index < -0.39 is 0 Å². The van der Waals surface area contributed by atoms with Crippen LogP contribution in [0.3, 0.4) is 0 Å². The van der Waals surface area contributed by atoms with Gasteiger partial charge in [0.2, 0.25) is 0 Å². The van der Waals surface area contributed by atoms with E-state index in [2.05, 4.69) is 102 Å². The van der Waals surface area contributed by atoms with Crippen molar-refractivity contribution in [3.05, 3.63) is 95.0 Å². The lowest BCUT2D eigenvalue weighted by atomic mass is 10.1. The summed E-state index contributed by atoms with van der Waals surface area (Å²) in [5, 5.41) is 1.04. The normalized spacial score (nSPS) is 11.3. The average Bonchev–Trinajstić information content (AvgIpc) is 3.15. The number of aromatic nitrogens is 1. The number of hydrogen-bond acceptors (Lipinski definition) is 3. The fourth-order valence-electron chi connectivity index (χ4n) is 3.11. The molecule has 0 spiro atoms. The number of nitrogens with zero attached hydrogens (tertiary/aromatic N) is 2. The number of thiazole rings is 1. The van der Waals surface area contributed by atoms with E-state index >= 15 is 0 Å². The highest BCUT2D eigenvalue weighted by Crippen LogP contribution is 2.24. The van der Waals surface area contributed by atoms with Gasteiger partial charge in [-0.15, -0.1) is 11.3 Å².